The predicted molar refractivity (Wildman–Crippen MR) is 133 cm³/mol. The molecule has 0 bridgehead atoms. The number of amides is 1. The van der Waals surface area contributed by atoms with Crippen molar-refractivity contribution in [1.29, 1.82) is 0 Å². The van der Waals surface area contributed by atoms with Gasteiger partial charge in [-0.3, -0.25) is 4.79 Å². The van der Waals surface area contributed by atoms with E-state index in [0.29, 0.717) is 52.1 Å². The van der Waals surface area contributed by atoms with Crippen molar-refractivity contribution in [3.63, 3.8) is 0 Å². The number of allylic oxidation sites excluding steroid dienone is 1. The van der Waals surface area contributed by atoms with Gasteiger partial charge >= 0.3 is 0 Å². The maximum atomic E-state index is 12.4. The van der Waals surface area contributed by atoms with Crippen molar-refractivity contribution in [2.24, 2.45) is 5.73 Å². The molecule has 0 radical (unpaired) electrons. The van der Waals surface area contributed by atoms with Gasteiger partial charge < -0.3 is 20.5 Å². The summed E-state index contributed by atoms with van der Waals surface area (Å²) >= 11 is 7.79. The van der Waals surface area contributed by atoms with Crippen LogP contribution in [0, 0.1) is 0 Å². The molecule has 2 heterocycles. The van der Waals surface area contributed by atoms with Crippen molar-refractivity contribution < 1.29 is 14.3 Å². The predicted octanol–water partition coefficient (Wildman–Crippen LogP) is 4.80. The molecule has 0 aliphatic carbocycles. The molecule has 0 saturated heterocycles. The molecular weight excluding hydrogens is 474 g/mol. The lowest BCUT2D eigenvalue weighted by Gasteiger charge is -2.28. The SMILES string of the molecule is CCOc1cc(C2C(C(N)=O)=C(C)Nc3nc(SCC)nn32)ccc1OCc1ccccc1Cl. The summed E-state index contributed by atoms with van der Waals surface area (Å²) in [7, 11) is 0. The Labute approximate surface area is 207 Å². The molecule has 34 heavy (non-hydrogen) atoms. The highest BCUT2D eigenvalue weighted by molar-refractivity contribution is 7.99. The number of nitrogens with zero attached hydrogens (tertiary/aromatic N) is 3. The van der Waals surface area contributed by atoms with Gasteiger partial charge in [0.15, 0.2) is 11.5 Å². The summed E-state index contributed by atoms with van der Waals surface area (Å²) in [5.74, 6) is 1.98. The van der Waals surface area contributed by atoms with Gasteiger partial charge in [-0.05, 0) is 43.4 Å². The van der Waals surface area contributed by atoms with E-state index in [1.54, 1.807) is 4.68 Å². The maximum Gasteiger partial charge on any atom is 0.248 e. The third kappa shape index (κ3) is 4.85. The summed E-state index contributed by atoms with van der Waals surface area (Å²) in [6.45, 7) is 6.48. The Morgan fingerprint density at radius 1 is 1.21 bits per heavy atom. The van der Waals surface area contributed by atoms with Crippen molar-refractivity contribution in [2.75, 3.05) is 17.7 Å². The first-order chi connectivity index (χ1) is 16.4. The van der Waals surface area contributed by atoms with Crippen molar-refractivity contribution in [2.45, 2.75) is 38.6 Å². The van der Waals surface area contributed by atoms with Crippen LogP contribution in [0.15, 0.2) is 58.9 Å². The summed E-state index contributed by atoms with van der Waals surface area (Å²) in [6.07, 6.45) is 0. The quantitative estimate of drug-likeness (QED) is 0.407. The number of halogens is 1. The van der Waals surface area contributed by atoms with Gasteiger partial charge in [0.05, 0.1) is 12.2 Å². The average Bonchev–Trinajstić information content (AvgIpc) is 3.20. The standard InChI is InChI=1S/C24H26ClN5O3S/c1-4-32-19-12-15(10-11-18(19)33-13-16-8-6-7-9-17(16)25)21-20(22(26)31)14(3)27-23-28-24(34-5-2)29-30(21)23/h6-12,21H,4-5,13H2,1-3H3,(H2,26,31)(H,27,28,29). The van der Waals surface area contributed by atoms with Crippen LogP contribution >= 0.6 is 23.4 Å². The number of benzene rings is 2. The van der Waals surface area contributed by atoms with Crippen LogP contribution in [-0.4, -0.2) is 33.0 Å². The Hall–Kier alpha value is -3.17. The van der Waals surface area contributed by atoms with Crippen molar-refractivity contribution in [3.8, 4) is 11.5 Å². The third-order valence-corrected chi connectivity index (χ3v) is 6.38. The zero-order chi connectivity index (χ0) is 24.2. The summed E-state index contributed by atoms with van der Waals surface area (Å²) in [5.41, 5.74) is 8.50. The fraction of sp³-hybridized carbons (Fsp3) is 0.292. The number of carbonyl (C=O) groups is 1. The Bertz CT molecular complexity index is 1240. The Morgan fingerprint density at radius 2 is 2.00 bits per heavy atom. The molecule has 8 nitrogen and oxygen atoms in total. The second-order valence-corrected chi connectivity index (χ2v) is 9.18. The monoisotopic (exact) mass is 499 g/mol. The molecule has 3 N–H and O–H groups in total. The lowest BCUT2D eigenvalue weighted by molar-refractivity contribution is -0.115. The molecule has 1 atom stereocenters. The van der Waals surface area contributed by atoms with E-state index in [0.717, 1.165) is 16.9 Å². The van der Waals surface area contributed by atoms with Crippen LogP contribution in [0.4, 0.5) is 5.95 Å². The molecule has 1 aromatic heterocycles. The van der Waals surface area contributed by atoms with Gasteiger partial charge in [0.2, 0.25) is 17.0 Å². The van der Waals surface area contributed by atoms with E-state index in [2.05, 4.69) is 15.4 Å². The number of thioether (sulfide) groups is 1. The number of anilines is 1. The van der Waals surface area contributed by atoms with Crippen LogP contribution in [0.1, 0.15) is 37.9 Å². The highest BCUT2D eigenvalue weighted by atomic mass is 35.5. The van der Waals surface area contributed by atoms with Gasteiger partial charge in [0, 0.05) is 16.3 Å². The topological polar surface area (TPSA) is 104 Å². The minimum Gasteiger partial charge on any atom is -0.490 e. The largest absolute Gasteiger partial charge is 0.490 e. The lowest BCUT2D eigenvalue weighted by atomic mass is 9.95. The maximum absolute atomic E-state index is 12.4. The number of hydrogen-bond donors (Lipinski definition) is 2. The average molecular weight is 500 g/mol. The second-order valence-electron chi connectivity index (χ2n) is 7.55. The van der Waals surface area contributed by atoms with Gasteiger partial charge in [-0.25, -0.2) is 4.68 Å². The summed E-state index contributed by atoms with van der Waals surface area (Å²) in [6, 6.07) is 12.5. The molecule has 0 saturated carbocycles. The molecule has 4 rings (SSSR count). The van der Waals surface area contributed by atoms with E-state index < -0.39 is 11.9 Å². The van der Waals surface area contributed by atoms with Crippen LogP contribution in [0.2, 0.25) is 5.02 Å². The molecule has 1 aliphatic heterocycles. The number of hydrogen-bond acceptors (Lipinski definition) is 7. The number of nitrogens with two attached hydrogens (primary N) is 1. The molecule has 178 valence electrons. The number of primary amides is 1. The Balaban J connectivity index is 1.73. The van der Waals surface area contributed by atoms with Crippen LogP contribution in [0.25, 0.3) is 0 Å². The fourth-order valence-corrected chi connectivity index (χ4v) is 4.55. The Kier molecular flexibility index (Phi) is 7.33. The van der Waals surface area contributed by atoms with Crippen molar-refractivity contribution in [3.05, 3.63) is 69.9 Å². The first-order valence-corrected chi connectivity index (χ1v) is 12.3. The van der Waals surface area contributed by atoms with E-state index in [9.17, 15) is 4.79 Å². The minimum absolute atomic E-state index is 0.294. The summed E-state index contributed by atoms with van der Waals surface area (Å²) in [5, 5.41) is 9.04. The zero-order valence-electron chi connectivity index (χ0n) is 19.2. The number of nitrogens with one attached hydrogen (secondary N) is 1. The molecule has 1 amide bonds. The third-order valence-electron chi connectivity index (χ3n) is 5.30. The van der Waals surface area contributed by atoms with E-state index in [1.165, 1.54) is 11.8 Å². The molecule has 0 fully saturated rings. The smallest absolute Gasteiger partial charge is 0.248 e. The number of carbonyl (C=O) groups excluding carboxylic acids is 1. The first kappa shape index (κ1) is 24.0. The lowest BCUT2D eigenvalue weighted by Crippen LogP contribution is -2.31. The van der Waals surface area contributed by atoms with Gasteiger partial charge in [-0.15, -0.1) is 5.10 Å². The number of ether oxygens (including phenoxy) is 2. The van der Waals surface area contributed by atoms with Crippen molar-refractivity contribution >= 4 is 35.2 Å². The fourth-order valence-electron chi connectivity index (χ4n) is 3.80. The number of aromatic nitrogens is 3. The summed E-state index contributed by atoms with van der Waals surface area (Å²) in [4.78, 5) is 17.0. The highest BCUT2D eigenvalue weighted by Gasteiger charge is 2.34. The first-order valence-electron chi connectivity index (χ1n) is 10.9. The van der Waals surface area contributed by atoms with Gasteiger partial charge in [-0.1, -0.05) is 54.6 Å². The van der Waals surface area contributed by atoms with E-state index in [4.69, 9.17) is 26.8 Å². The molecular formula is C24H26ClN5O3S. The normalized spacial score (nSPS) is 15.0. The van der Waals surface area contributed by atoms with Crippen LogP contribution in [0.5, 0.6) is 11.5 Å². The van der Waals surface area contributed by atoms with Crippen LogP contribution in [0.3, 0.4) is 0 Å². The molecule has 2 aromatic carbocycles. The second kappa shape index (κ2) is 10.4. The minimum atomic E-state index is -0.552. The van der Waals surface area contributed by atoms with Crippen LogP contribution in [-0.2, 0) is 11.4 Å². The molecule has 0 spiro atoms. The van der Waals surface area contributed by atoms with Gasteiger partial charge in [0.25, 0.3) is 0 Å². The van der Waals surface area contributed by atoms with Crippen LogP contribution < -0.4 is 20.5 Å². The van der Waals surface area contributed by atoms with Gasteiger partial charge in [0.1, 0.15) is 12.6 Å². The highest BCUT2D eigenvalue weighted by Crippen LogP contribution is 2.39. The van der Waals surface area contributed by atoms with Crippen molar-refractivity contribution in [1.82, 2.24) is 14.8 Å². The molecule has 10 heteroatoms. The Morgan fingerprint density at radius 3 is 2.71 bits per heavy atom. The number of rotatable bonds is 9. The molecule has 1 aliphatic rings. The van der Waals surface area contributed by atoms with E-state index in [-0.39, 0.29) is 0 Å². The number of fused-ring (bicyclic) bond motifs is 1. The van der Waals surface area contributed by atoms with Gasteiger partial charge in [-0.2, -0.15) is 4.98 Å². The summed E-state index contributed by atoms with van der Waals surface area (Å²) < 4.78 is 13.6. The zero-order valence-corrected chi connectivity index (χ0v) is 20.7. The molecule has 3 aromatic rings. The van der Waals surface area contributed by atoms with E-state index >= 15 is 0 Å². The van der Waals surface area contributed by atoms with E-state index in [1.807, 2.05) is 63.2 Å². The molecule has 1 unspecified atom stereocenters.